The molecule has 2 saturated heterocycles. The number of carbonyl (C=O) groups excluding carboxylic acids is 1. The van der Waals surface area contributed by atoms with Gasteiger partial charge in [0.15, 0.2) is 5.78 Å². The van der Waals surface area contributed by atoms with Gasteiger partial charge in [0.25, 0.3) is 0 Å². The SMILES string of the molecule is CC1(C)CCC(O)C23COC(O)(C(O)C12)C12CC(CC(O)C31)C(C)(O)C2=O. The maximum absolute atomic E-state index is 13.5. The third-order valence-electron chi connectivity index (χ3n) is 9.25. The second-order valence-electron chi connectivity index (χ2n) is 10.7. The molecule has 27 heavy (non-hydrogen) atoms. The number of carbonyl (C=O) groups is 1. The standard InChI is InChI=1S/C20H30O7/c1-16(2)5-4-11(22)18-8-27-20(26,14(23)13(16)18)19-7-9(6-10(21)12(18)19)17(3,25)15(19)24/h9-14,21-23,25-26H,4-8H2,1-3H3. The van der Waals surface area contributed by atoms with Gasteiger partial charge in [-0.05, 0) is 43.9 Å². The summed E-state index contributed by atoms with van der Waals surface area (Å²) in [6, 6.07) is 0. The topological polar surface area (TPSA) is 127 Å². The summed E-state index contributed by atoms with van der Waals surface area (Å²) in [5.74, 6) is -4.54. The van der Waals surface area contributed by atoms with Gasteiger partial charge in [-0.15, -0.1) is 0 Å². The molecule has 10 atom stereocenters. The van der Waals surface area contributed by atoms with Crippen molar-refractivity contribution < 1.29 is 35.1 Å². The van der Waals surface area contributed by atoms with Crippen LogP contribution >= 0.6 is 0 Å². The average molecular weight is 382 g/mol. The van der Waals surface area contributed by atoms with Crippen LogP contribution in [0.4, 0.5) is 0 Å². The third kappa shape index (κ3) is 1.63. The molecule has 2 aliphatic heterocycles. The van der Waals surface area contributed by atoms with Crippen LogP contribution < -0.4 is 0 Å². The fraction of sp³-hybridized carbons (Fsp3) is 0.950. The molecule has 10 unspecified atom stereocenters. The lowest BCUT2D eigenvalue weighted by Gasteiger charge is -2.74. The van der Waals surface area contributed by atoms with Gasteiger partial charge < -0.3 is 30.3 Å². The van der Waals surface area contributed by atoms with E-state index in [1.54, 1.807) is 0 Å². The van der Waals surface area contributed by atoms with Gasteiger partial charge in [0.05, 0.1) is 24.2 Å². The number of fused-ring (bicyclic) bond motifs is 2. The molecule has 0 aromatic heterocycles. The smallest absolute Gasteiger partial charge is 0.205 e. The fourth-order valence-electron chi connectivity index (χ4n) is 8.21. The van der Waals surface area contributed by atoms with Crippen molar-refractivity contribution >= 4 is 5.78 Å². The highest BCUT2D eigenvalue weighted by atomic mass is 16.6. The van der Waals surface area contributed by atoms with E-state index in [2.05, 4.69) is 0 Å². The number of hydrogen-bond acceptors (Lipinski definition) is 7. The zero-order valence-electron chi connectivity index (χ0n) is 16.1. The Hall–Kier alpha value is -0.570. The van der Waals surface area contributed by atoms with Crippen molar-refractivity contribution in [1.82, 2.24) is 0 Å². The van der Waals surface area contributed by atoms with Crippen molar-refractivity contribution in [2.45, 2.75) is 76.2 Å². The van der Waals surface area contributed by atoms with E-state index in [0.717, 1.165) is 0 Å². The van der Waals surface area contributed by atoms with Gasteiger partial charge >= 0.3 is 0 Å². The van der Waals surface area contributed by atoms with E-state index in [-0.39, 0.29) is 19.4 Å². The zero-order chi connectivity index (χ0) is 19.8. The van der Waals surface area contributed by atoms with E-state index in [1.807, 2.05) is 13.8 Å². The van der Waals surface area contributed by atoms with Crippen molar-refractivity contribution in [3.8, 4) is 0 Å². The van der Waals surface area contributed by atoms with Crippen LogP contribution in [-0.2, 0) is 9.53 Å². The molecule has 2 heterocycles. The molecule has 4 saturated carbocycles. The van der Waals surface area contributed by atoms with Gasteiger partial charge in [0, 0.05) is 17.3 Å². The van der Waals surface area contributed by atoms with Gasteiger partial charge in [-0.1, -0.05) is 13.8 Å². The first kappa shape index (κ1) is 18.5. The summed E-state index contributed by atoms with van der Waals surface area (Å²) in [4.78, 5) is 13.5. The largest absolute Gasteiger partial charge is 0.393 e. The quantitative estimate of drug-likeness (QED) is 0.385. The van der Waals surface area contributed by atoms with E-state index in [0.29, 0.717) is 12.8 Å². The van der Waals surface area contributed by atoms with Gasteiger partial charge in [-0.2, -0.15) is 0 Å². The summed E-state index contributed by atoms with van der Waals surface area (Å²) in [6.45, 7) is 5.41. The molecule has 6 rings (SSSR count). The predicted octanol–water partition coefficient (Wildman–Crippen LogP) is -0.430. The van der Waals surface area contributed by atoms with E-state index >= 15 is 0 Å². The fourth-order valence-corrected chi connectivity index (χ4v) is 8.21. The minimum atomic E-state index is -2.17. The number of hydrogen-bond donors (Lipinski definition) is 5. The predicted molar refractivity (Wildman–Crippen MR) is 92.1 cm³/mol. The molecule has 4 bridgehead atoms. The average Bonchev–Trinajstić information content (AvgIpc) is 2.73. The molecular formula is C20H30O7. The van der Waals surface area contributed by atoms with Crippen LogP contribution in [0.25, 0.3) is 0 Å². The van der Waals surface area contributed by atoms with Crippen molar-refractivity contribution in [3.63, 3.8) is 0 Å². The maximum atomic E-state index is 13.5. The number of rotatable bonds is 0. The van der Waals surface area contributed by atoms with Crippen LogP contribution in [0.2, 0.25) is 0 Å². The highest BCUT2D eigenvalue weighted by molar-refractivity contribution is 5.97. The molecule has 0 radical (unpaired) electrons. The molecule has 2 spiro atoms. The lowest BCUT2D eigenvalue weighted by atomic mass is 9.35. The first-order valence-corrected chi connectivity index (χ1v) is 10.0. The van der Waals surface area contributed by atoms with E-state index in [9.17, 15) is 30.3 Å². The van der Waals surface area contributed by atoms with Crippen molar-refractivity contribution in [1.29, 1.82) is 0 Å². The summed E-state index contributed by atoms with van der Waals surface area (Å²) in [5.41, 5.74) is -4.75. The van der Waals surface area contributed by atoms with E-state index < -0.39 is 69.5 Å². The maximum Gasteiger partial charge on any atom is 0.205 e. The Morgan fingerprint density at radius 2 is 1.74 bits per heavy atom. The van der Waals surface area contributed by atoms with Crippen LogP contribution in [0.15, 0.2) is 0 Å². The van der Waals surface area contributed by atoms with Gasteiger partial charge in [-0.3, -0.25) is 4.79 Å². The monoisotopic (exact) mass is 382 g/mol. The Labute approximate surface area is 158 Å². The second-order valence-corrected chi connectivity index (χ2v) is 10.7. The molecule has 7 nitrogen and oxygen atoms in total. The Kier molecular flexibility index (Phi) is 3.26. The van der Waals surface area contributed by atoms with Crippen LogP contribution in [0.3, 0.4) is 0 Å². The Balaban J connectivity index is 1.81. The summed E-state index contributed by atoms with van der Waals surface area (Å²) < 4.78 is 5.81. The molecule has 6 aliphatic rings. The first-order chi connectivity index (χ1) is 12.4. The Morgan fingerprint density at radius 1 is 1.07 bits per heavy atom. The molecule has 152 valence electrons. The van der Waals surface area contributed by atoms with E-state index in [4.69, 9.17) is 4.74 Å². The molecule has 6 fully saturated rings. The molecular weight excluding hydrogens is 352 g/mol. The van der Waals surface area contributed by atoms with Crippen molar-refractivity contribution in [2.24, 2.45) is 34.0 Å². The second kappa shape index (κ2) is 4.77. The van der Waals surface area contributed by atoms with Crippen LogP contribution in [0, 0.1) is 34.0 Å². The minimum Gasteiger partial charge on any atom is -0.393 e. The van der Waals surface area contributed by atoms with E-state index in [1.165, 1.54) is 6.92 Å². The van der Waals surface area contributed by atoms with Crippen LogP contribution in [0.1, 0.15) is 46.5 Å². The lowest BCUT2D eigenvalue weighted by molar-refractivity contribution is -0.455. The number of ether oxygens (including phenoxy) is 1. The Morgan fingerprint density at radius 3 is 2.41 bits per heavy atom. The van der Waals surface area contributed by atoms with Gasteiger partial charge in [0.1, 0.15) is 11.7 Å². The molecule has 7 heteroatoms. The number of aliphatic hydroxyl groups excluding tert-OH is 3. The third-order valence-corrected chi connectivity index (χ3v) is 9.25. The number of ketones is 1. The minimum absolute atomic E-state index is 0.0145. The molecule has 0 aromatic rings. The highest BCUT2D eigenvalue weighted by Gasteiger charge is 2.87. The highest BCUT2D eigenvalue weighted by Crippen LogP contribution is 2.76. The lowest BCUT2D eigenvalue weighted by Crippen LogP contribution is -2.85. The summed E-state index contributed by atoms with van der Waals surface area (Å²) in [5, 5.41) is 56.2. The Bertz CT molecular complexity index is 719. The van der Waals surface area contributed by atoms with Crippen molar-refractivity contribution in [3.05, 3.63) is 0 Å². The summed E-state index contributed by atoms with van der Waals surface area (Å²) in [7, 11) is 0. The first-order valence-electron chi connectivity index (χ1n) is 10.0. The summed E-state index contributed by atoms with van der Waals surface area (Å²) in [6.07, 6.45) is -1.67. The molecule has 0 amide bonds. The van der Waals surface area contributed by atoms with Crippen LogP contribution in [0.5, 0.6) is 0 Å². The van der Waals surface area contributed by atoms with Gasteiger partial charge in [-0.25, -0.2) is 0 Å². The molecule has 5 N–H and O–H groups in total. The number of Topliss-reactive ketones (excluding diaryl/α,β-unsaturated/α-hetero) is 1. The summed E-state index contributed by atoms with van der Waals surface area (Å²) >= 11 is 0. The van der Waals surface area contributed by atoms with Crippen LogP contribution in [-0.4, -0.2) is 67.6 Å². The number of aliphatic hydroxyl groups is 5. The molecule has 4 aliphatic carbocycles. The molecule has 0 aromatic carbocycles. The van der Waals surface area contributed by atoms with Crippen molar-refractivity contribution in [2.75, 3.05) is 6.61 Å². The van der Waals surface area contributed by atoms with Gasteiger partial charge in [0.2, 0.25) is 5.79 Å². The normalized spacial score (nSPS) is 63.6. The zero-order valence-corrected chi connectivity index (χ0v) is 16.1.